The van der Waals surface area contributed by atoms with Gasteiger partial charge >= 0.3 is 0 Å². The Morgan fingerprint density at radius 2 is 2.05 bits per heavy atom. The molecule has 1 aromatic rings. The summed E-state index contributed by atoms with van der Waals surface area (Å²) in [4.78, 5) is 9.22. The molecule has 0 spiro atoms. The normalized spacial score (nSPS) is 26.5. The molecule has 0 radical (unpaired) electrons. The number of allylic oxidation sites excluding steroid dienone is 2. The fourth-order valence-electron chi connectivity index (χ4n) is 4.44. The number of nitrogens with two attached hydrogens (primary N) is 1. The molecule has 0 aromatic carbocycles. The van der Waals surface area contributed by atoms with Gasteiger partial charge in [0.15, 0.2) is 0 Å². The molecule has 0 bridgehead atoms. The Morgan fingerprint density at radius 3 is 2.82 bits per heavy atom. The summed E-state index contributed by atoms with van der Waals surface area (Å²) in [5, 5.41) is 0. The Balaban J connectivity index is 1.92. The highest BCUT2D eigenvalue weighted by Gasteiger charge is 2.39. The molecule has 2 aliphatic rings. The number of nitrogen functional groups attached to an aromatic ring is 1. The van der Waals surface area contributed by atoms with Gasteiger partial charge in [-0.05, 0) is 49.5 Å². The maximum atomic E-state index is 5.99. The summed E-state index contributed by atoms with van der Waals surface area (Å²) >= 11 is 0. The van der Waals surface area contributed by atoms with Crippen molar-refractivity contribution in [3.8, 4) is 0 Å². The van der Waals surface area contributed by atoms with Gasteiger partial charge in [-0.25, -0.2) is 9.97 Å². The third kappa shape index (κ3) is 2.90. The van der Waals surface area contributed by atoms with Gasteiger partial charge in [0.25, 0.3) is 0 Å². The van der Waals surface area contributed by atoms with Crippen LogP contribution in [0.5, 0.6) is 0 Å². The lowest BCUT2D eigenvalue weighted by Crippen LogP contribution is -2.25. The quantitative estimate of drug-likeness (QED) is 0.772. The van der Waals surface area contributed by atoms with Gasteiger partial charge < -0.3 is 5.73 Å². The molecule has 0 aliphatic heterocycles. The lowest BCUT2D eigenvalue weighted by atomic mass is 9.70. The standard InChI is InChI=1S/C19H29N3/c1-3-5-6-7-9-15-13(8-4-2)12-14-10-11-16-17(14)18(15)22-19(20)21-16/h6-7,13-15H,3-5,8-12H2,1-2H3,(H2,20,21,22). The van der Waals surface area contributed by atoms with Crippen LogP contribution < -0.4 is 5.73 Å². The molecule has 3 atom stereocenters. The van der Waals surface area contributed by atoms with Crippen LogP contribution in [0.3, 0.4) is 0 Å². The molecule has 3 heteroatoms. The number of hydrogen-bond donors (Lipinski definition) is 1. The molecule has 0 saturated heterocycles. The number of rotatable bonds is 6. The second-order valence-electron chi connectivity index (χ2n) is 6.95. The molecule has 0 saturated carbocycles. The molecule has 3 unspecified atom stereocenters. The number of nitrogens with zero attached hydrogens (tertiary/aromatic N) is 2. The number of anilines is 1. The van der Waals surface area contributed by atoms with Crippen molar-refractivity contribution in [2.75, 3.05) is 5.73 Å². The average molecular weight is 299 g/mol. The smallest absolute Gasteiger partial charge is 0.220 e. The highest BCUT2D eigenvalue weighted by Crippen LogP contribution is 2.50. The first-order chi connectivity index (χ1) is 10.7. The number of hydrogen-bond acceptors (Lipinski definition) is 3. The van der Waals surface area contributed by atoms with Crippen LogP contribution in [0.4, 0.5) is 5.95 Å². The van der Waals surface area contributed by atoms with Crippen LogP contribution in [0.2, 0.25) is 0 Å². The predicted molar refractivity (Wildman–Crippen MR) is 91.9 cm³/mol. The first kappa shape index (κ1) is 15.5. The molecule has 120 valence electrons. The molecule has 3 rings (SSSR count). The SMILES string of the molecule is CCCC=CCC1c2nc(N)nc3c2C(CC3)CC1CCC. The van der Waals surface area contributed by atoms with E-state index in [1.165, 1.54) is 55.5 Å². The molecule has 0 amide bonds. The number of aromatic nitrogens is 2. The summed E-state index contributed by atoms with van der Waals surface area (Å²) < 4.78 is 0. The third-order valence-corrected chi connectivity index (χ3v) is 5.39. The lowest BCUT2D eigenvalue weighted by Gasteiger charge is -2.35. The van der Waals surface area contributed by atoms with E-state index in [1.807, 2.05) is 0 Å². The summed E-state index contributed by atoms with van der Waals surface area (Å²) in [5.41, 5.74) is 9.99. The zero-order valence-corrected chi connectivity index (χ0v) is 14.0. The van der Waals surface area contributed by atoms with Gasteiger partial charge in [0.1, 0.15) is 0 Å². The van der Waals surface area contributed by atoms with Gasteiger partial charge in [-0.2, -0.15) is 0 Å². The summed E-state index contributed by atoms with van der Waals surface area (Å²) in [5.74, 6) is 2.47. The Morgan fingerprint density at radius 1 is 1.18 bits per heavy atom. The van der Waals surface area contributed by atoms with E-state index in [4.69, 9.17) is 10.7 Å². The van der Waals surface area contributed by atoms with Crippen LogP contribution in [-0.4, -0.2) is 9.97 Å². The van der Waals surface area contributed by atoms with Gasteiger partial charge in [-0.15, -0.1) is 0 Å². The summed E-state index contributed by atoms with van der Waals surface area (Å²) in [6.07, 6.45) is 14.5. The molecule has 0 fully saturated rings. The second kappa shape index (κ2) is 6.80. The monoisotopic (exact) mass is 299 g/mol. The molecule has 22 heavy (non-hydrogen) atoms. The Bertz CT molecular complexity index is 550. The van der Waals surface area contributed by atoms with Crippen molar-refractivity contribution in [3.05, 3.63) is 29.1 Å². The molecular formula is C19H29N3. The molecule has 2 aliphatic carbocycles. The molecule has 2 N–H and O–H groups in total. The fourth-order valence-corrected chi connectivity index (χ4v) is 4.44. The van der Waals surface area contributed by atoms with Crippen LogP contribution in [0.25, 0.3) is 0 Å². The van der Waals surface area contributed by atoms with Gasteiger partial charge in [0.05, 0.1) is 5.69 Å². The molecule has 1 heterocycles. The van der Waals surface area contributed by atoms with Crippen LogP contribution >= 0.6 is 0 Å². The van der Waals surface area contributed by atoms with E-state index < -0.39 is 0 Å². The zero-order chi connectivity index (χ0) is 15.5. The van der Waals surface area contributed by atoms with Crippen LogP contribution in [0.15, 0.2) is 12.2 Å². The Kier molecular flexibility index (Phi) is 4.80. The summed E-state index contributed by atoms with van der Waals surface area (Å²) in [6.45, 7) is 4.53. The maximum Gasteiger partial charge on any atom is 0.220 e. The van der Waals surface area contributed by atoms with Gasteiger partial charge in [-0.3, -0.25) is 0 Å². The van der Waals surface area contributed by atoms with Crippen molar-refractivity contribution < 1.29 is 0 Å². The van der Waals surface area contributed by atoms with Crippen LogP contribution in [0, 0.1) is 5.92 Å². The van der Waals surface area contributed by atoms with E-state index in [1.54, 1.807) is 0 Å². The van der Waals surface area contributed by atoms with Crippen LogP contribution in [-0.2, 0) is 6.42 Å². The van der Waals surface area contributed by atoms with Gasteiger partial charge in [0, 0.05) is 11.6 Å². The van der Waals surface area contributed by atoms with Crippen molar-refractivity contribution in [3.63, 3.8) is 0 Å². The maximum absolute atomic E-state index is 5.99. The topological polar surface area (TPSA) is 51.8 Å². The minimum atomic E-state index is 0.481. The van der Waals surface area contributed by atoms with Gasteiger partial charge in [0.2, 0.25) is 5.95 Å². The lowest BCUT2D eigenvalue weighted by molar-refractivity contribution is 0.309. The van der Waals surface area contributed by atoms with E-state index in [0.717, 1.165) is 18.8 Å². The first-order valence-corrected chi connectivity index (χ1v) is 9.05. The van der Waals surface area contributed by atoms with Crippen molar-refractivity contribution in [2.45, 2.75) is 77.0 Å². The minimum Gasteiger partial charge on any atom is -0.368 e. The number of aryl methyl sites for hydroxylation is 1. The largest absolute Gasteiger partial charge is 0.368 e. The molecule has 3 nitrogen and oxygen atoms in total. The third-order valence-electron chi connectivity index (χ3n) is 5.39. The van der Waals surface area contributed by atoms with Crippen LogP contribution in [0.1, 0.15) is 87.6 Å². The minimum absolute atomic E-state index is 0.481. The van der Waals surface area contributed by atoms with E-state index in [9.17, 15) is 0 Å². The zero-order valence-electron chi connectivity index (χ0n) is 14.0. The highest BCUT2D eigenvalue weighted by molar-refractivity contribution is 5.42. The van der Waals surface area contributed by atoms with Crippen molar-refractivity contribution >= 4 is 5.95 Å². The fraction of sp³-hybridized carbons (Fsp3) is 0.684. The highest BCUT2D eigenvalue weighted by atomic mass is 15.0. The first-order valence-electron chi connectivity index (χ1n) is 9.05. The Hall–Kier alpha value is -1.38. The summed E-state index contributed by atoms with van der Waals surface area (Å²) in [6, 6.07) is 0. The van der Waals surface area contributed by atoms with E-state index in [2.05, 4.69) is 31.0 Å². The summed E-state index contributed by atoms with van der Waals surface area (Å²) in [7, 11) is 0. The van der Waals surface area contributed by atoms with Crippen molar-refractivity contribution in [1.82, 2.24) is 9.97 Å². The average Bonchev–Trinajstić information content (AvgIpc) is 2.89. The van der Waals surface area contributed by atoms with Crippen molar-refractivity contribution in [1.29, 1.82) is 0 Å². The number of unbranched alkanes of at least 4 members (excludes halogenated alkanes) is 1. The second-order valence-corrected chi connectivity index (χ2v) is 6.95. The molecular weight excluding hydrogens is 270 g/mol. The van der Waals surface area contributed by atoms with E-state index in [0.29, 0.717) is 17.8 Å². The van der Waals surface area contributed by atoms with Crippen molar-refractivity contribution in [2.24, 2.45) is 5.92 Å². The Labute approximate surface area is 134 Å². The molecule has 1 aromatic heterocycles. The van der Waals surface area contributed by atoms with Gasteiger partial charge in [-0.1, -0.05) is 45.3 Å². The van der Waals surface area contributed by atoms with E-state index >= 15 is 0 Å². The van der Waals surface area contributed by atoms with E-state index in [-0.39, 0.29) is 0 Å². The predicted octanol–water partition coefficient (Wildman–Crippen LogP) is 4.74.